The molecule has 0 radical (unpaired) electrons. The molecule has 1 aliphatic heterocycles. The predicted octanol–water partition coefficient (Wildman–Crippen LogP) is 4.13. The molecule has 0 aromatic heterocycles. The molecule has 2 atom stereocenters. The highest BCUT2D eigenvalue weighted by Gasteiger charge is 2.38. The van der Waals surface area contributed by atoms with Crippen molar-refractivity contribution in [3.63, 3.8) is 0 Å². The third kappa shape index (κ3) is 4.99. The van der Waals surface area contributed by atoms with Crippen molar-refractivity contribution in [1.29, 1.82) is 0 Å². The highest BCUT2D eigenvalue weighted by molar-refractivity contribution is 5.44. The van der Waals surface area contributed by atoms with E-state index in [1.807, 2.05) is 6.92 Å². The van der Waals surface area contributed by atoms with E-state index in [-0.39, 0.29) is 5.92 Å². The van der Waals surface area contributed by atoms with Gasteiger partial charge in [-0.2, -0.15) is 0 Å². The van der Waals surface area contributed by atoms with Gasteiger partial charge in [0.2, 0.25) is 0 Å². The second kappa shape index (κ2) is 9.20. The molecule has 1 N–H and O–H groups in total. The van der Waals surface area contributed by atoms with Crippen LogP contribution < -0.4 is 4.74 Å². The summed E-state index contributed by atoms with van der Waals surface area (Å²) in [6.07, 6.45) is 1.53. The van der Waals surface area contributed by atoms with Crippen LogP contribution in [0.25, 0.3) is 0 Å². The molecule has 1 aromatic rings. The summed E-state index contributed by atoms with van der Waals surface area (Å²) >= 11 is 0. The van der Waals surface area contributed by atoms with E-state index in [9.17, 15) is 5.11 Å². The van der Waals surface area contributed by atoms with Gasteiger partial charge in [-0.1, -0.05) is 26.8 Å². The molecule has 26 heavy (non-hydrogen) atoms. The fourth-order valence-corrected chi connectivity index (χ4v) is 3.93. The van der Waals surface area contributed by atoms with Crippen molar-refractivity contribution < 1.29 is 14.6 Å². The van der Waals surface area contributed by atoms with Gasteiger partial charge < -0.3 is 14.6 Å². The zero-order valence-electron chi connectivity index (χ0n) is 17.5. The number of piperidine rings is 1. The minimum absolute atomic E-state index is 0.249. The smallest absolute Gasteiger partial charge is 0.123 e. The monoisotopic (exact) mass is 363 g/mol. The molecule has 0 bridgehead atoms. The maximum Gasteiger partial charge on any atom is 0.123 e. The summed E-state index contributed by atoms with van der Waals surface area (Å²) in [5.41, 5.74) is 3.34. The number of nitrogens with zero attached hydrogens (tertiary/aromatic N) is 1. The Balaban J connectivity index is 2.10. The zero-order valence-corrected chi connectivity index (χ0v) is 17.5. The number of rotatable bonds is 8. The van der Waals surface area contributed by atoms with Crippen LogP contribution in [0.15, 0.2) is 12.1 Å². The maximum absolute atomic E-state index is 10.9. The quantitative estimate of drug-likeness (QED) is 0.754. The molecule has 1 heterocycles. The fraction of sp³-hybridized carbons (Fsp3) is 0.727. The molecule has 4 heteroatoms. The van der Waals surface area contributed by atoms with Crippen molar-refractivity contribution >= 4 is 0 Å². The van der Waals surface area contributed by atoms with Crippen LogP contribution in [0.5, 0.6) is 5.75 Å². The van der Waals surface area contributed by atoms with Crippen LogP contribution in [-0.2, 0) is 11.3 Å². The summed E-state index contributed by atoms with van der Waals surface area (Å²) in [5, 5.41) is 10.9. The van der Waals surface area contributed by atoms with Crippen LogP contribution in [0, 0.1) is 12.8 Å². The van der Waals surface area contributed by atoms with E-state index in [2.05, 4.69) is 44.7 Å². The van der Waals surface area contributed by atoms with Gasteiger partial charge in [0.25, 0.3) is 0 Å². The number of methoxy groups -OCH3 is 1. The van der Waals surface area contributed by atoms with E-state index in [0.717, 1.165) is 38.2 Å². The van der Waals surface area contributed by atoms with E-state index < -0.39 is 5.60 Å². The molecule has 1 aromatic carbocycles. The van der Waals surface area contributed by atoms with Crippen LogP contribution >= 0.6 is 0 Å². The Morgan fingerprint density at radius 1 is 1.35 bits per heavy atom. The number of hydrogen-bond donors (Lipinski definition) is 1. The topological polar surface area (TPSA) is 41.9 Å². The molecule has 0 unspecified atom stereocenters. The van der Waals surface area contributed by atoms with Crippen molar-refractivity contribution in [2.75, 3.05) is 33.4 Å². The molecule has 0 spiro atoms. The number of hydrogen-bond acceptors (Lipinski definition) is 4. The Labute approximate surface area is 159 Å². The van der Waals surface area contributed by atoms with Crippen molar-refractivity contribution in [1.82, 2.24) is 4.90 Å². The second-order valence-electron chi connectivity index (χ2n) is 8.14. The van der Waals surface area contributed by atoms with Crippen LogP contribution in [0.3, 0.4) is 0 Å². The Bertz CT molecular complexity index is 587. The molecule has 2 rings (SSSR count). The Kier molecular flexibility index (Phi) is 7.51. The summed E-state index contributed by atoms with van der Waals surface area (Å²) in [5.74, 6) is 1.71. The van der Waals surface area contributed by atoms with Gasteiger partial charge in [0.05, 0.1) is 12.2 Å². The third-order valence-electron chi connectivity index (χ3n) is 5.83. The van der Waals surface area contributed by atoms with Crippen LogP contribution in [0.2, 0.25) is 0 Å². The highest BCUT2D eigenvalue weighted by Crippen LogP contribution is 2.34. The molecular weight excluding hydrogens is 326 g/mol. The number of ether oxygens (including phenoxy) is 2. The van der Waals surface area contributed by atoms with Crippen molar-refractivity contribution in [3.05, 3.63) is 28.8 Å². The van der Waals surface area contributed by atoms with Gasteiger partial charge in [0.1, 0.15) is 5.75 Å². The van der Waals surface area contributed by atoms with Crippen molar-refractivity contribution in [2.24, 2.45) is 5.92 Å². The van der Waals surface area contributed by atoms with Crippen molar-refractivity contribution in [2.45, 2.75) is 65.5 Å². The number of likely N-dealkylation sites (tertiary alicyclic amines) is 1. The van der Waals surface area contributed by atoms with Gasteiger partial charge in [-0.05, 0) is 61.3 Å². The molecule has 1 aliphatic rings. The van der Waals surface area contributed by atoms with Gasteiger partial charge in [-0.15, -0.1) is 0 Å². The number of benzene rings is 1. The lowest BCUT2D eigenvalue weighted by atomic mass is 9.79. The summed E-state index contributed by atoms with van der Waals surface area (Å²) in [4.78, 5) is 2.47. The SMILES string of the molecule is CCOc1cc(C)c(CN2CC[C@@](O)(CCOC)[C@H](C)C2)cc1C(C)C. The Hall–Kier alpha value is -1.10. The Morgan fingerprint density at radius 3 is 2.65 bits per heavy atom. The van der Waals surface area contributed by atoms with Gasteiger partial charge in [-0.3, -0.25) is 4.90 Å². The van der Waals surface area contributed by atoms with Gasteiger partial charge >= 0.3 is 0 Å². The first-order valence-corrected chi connectivity index (χ1v) is 10.0. The molecular formula is C22H37NO3. The summed E-state index contributed by atoms with van der Waals surface area (Å²) in [7, 11) is 1.70. The standard InChI is InChI=1S/C22H37NO3/c1-7-26-21-12-17(4)19(13-20(21)16(2)3)15-23-10-8-22(24,9-11-25-6)18(5)14-23/h12-13,16,18,24H,7-11,14-15H2,1-6H3/t18-,22-/m1/s1. The molecule has 0 aliphatic carbocycles. The second-order valence-corrected chi connectivity index (χ2v) is 8.14. The maximum atomic E-state index is 10.9. The van der Waals surface area contributed by atoms with Crippen LogP contribution in [0.4, 0.5) is 0 Å². The normalized spacial score (nSPS) is 24.2. The first kappa shape index (κ1) is 21.2. The van der Waals surface area contributed by atoms with E-state index in [1.165, 1.54) is 16.7 Å². The average molecular weight is 364 g/mol. The number of aryl methyl sites for hydroxylation is 1. The predicted molar refractivity (Wildman–Crippen MR) is 107 cm³/mol. The van der Waals surface area contributed by atoms with E-state index in [0.29, 0.717) is 19.1 Å². The van der Waals surface area contributed by atoms with Gasteiger partial charge in [0, 0.05) is 33.4 Å². The first-order chi connectivity index (χ1) is 12.3. The third-order valence-corrected chi connectivity index (χ3v) is 5.83. The first-order valence-electron chi connectivity index (χ1n) is 10.0. The van der Waals surface area contributed by atoms with Crippen LogP contribution in [-0.4, -0.2) is 49.0 Å². The fourth-order valence-electron chi connectivity index (χ4n) is 3.93. The minimum Gasteiger partial charge on any atom is -0.494 e. The van der Waals surface area contributed by atoms with Crippen LogP contribution in [0.1, 0.15) is 63.1 Å². The lowest BCUT2D eigenvalue weighted by Gasteiger charge is -2.43. The average Bonchev–Trinajstić information content (AvgIpc) is 2.59. The summed E-state index contributed by atoms with van der Waals surface area (Å²) in [6, 6.07) is 4.51. The summed E-state index contributed by atoms with van der Waals surface area (Å²) in [6.45, 7) is 14.9. The van der Waals surface area contributed by atoms with E-state index in [4.69, 9.17) is 9.47 Å². The highest BCUT2D eigenvalue weighted by atomic mass is 16.5. The Morgan fingerprint density at radius 2 is 2.08 bits per heavy atom. The number of aliphatic hydroxyl groups is 1. The lowest BCUT2D eigenvalue weighted by molar-refractivity contribution is -0.0827. The van der Waals surface area contributed by atoms with E-state index >= 15 is 0 Å². The van der Waals surface area contributed by atoms with Crippen molar-refractivity contribution in [3.8, 4) is 5.75 Å². The van der Waals surface area contributed by atoms with E-state index in [1.54, 1.807) is 7.11 Å². The largest absolute Gasteiger partial charge is 0.494 e. The molecule has 0 saturated carbocycles. The van der Waals surface area contributed by atoms with Gasteiger partial charge in [0.15, 0.2) is 0 Å². The molecule has 0 amide bonds. The molecule has 1 fully saturated rings. The summed E-state index contributed by atoms with van der Waals surface area (Å²) < 4.78 is 11.0. The molecule has 148 valence electrons. The lowest BCUT2D eigenvalue weighted by Crippen LogP contribution is -2.51. The van der Waals surface area contributed by atoms with Gasteiger partial charge in [-0.25, -0.2) is 0 Å². The molecule has 1 saturated heterocycles. The minimum atomic E-state index is -0.594. The molecule has 4 nitrogen and oxygen atoms in total. The zero-order chi connectivity index (χ0) is 19.3.